The molecule has 0 bridgehead atoms. The summed E-state index contributed by atoms with van der Waals surface area (Å²) in [6, 6.07) is 7.24. The van der Waals surface area contributed by atoms with Crippen molar-refractivity contribution in [1.29, 1.82) is 0 Å². The molecule has 0 aromatic heterocycles. The molecule has 1 aromatic rings. The summed E-state index contributed by atoms with van der Waals surface area (Å²) in [6.07, 6.45) is 2.29. The van der Waals surface area contributed by atoms with E-state index < -0.39 is 0 Å². The van der Waals surface area contributed by atoms with Crippen molar-refractivity contribution in [2.45, 2.75) is 19.3 Å². The standard InChI is InChI=1S/C16H22N2O4/c1-21-11-3-9-17-15(19)12-22-14-7-5-13(6-8-14)18-10-2-4-16(18)20/h5-8H,2-4,9-12H2,1H3,(H,17,19). The minimum atomic E-state index is -0.157. The molecule has 1 fully saturated rings. The van der Waals surface area contributed by atoms with Gasteiger partial charge in [-0.25, -0.2) is 0 Å². The third-order valence-electron chi connectivity index (χ3n) is 3.44. The molecule has 0 saturated carbocycles. The van der Waals surface area contributed by atoms with Gasteiger partial charge >= 0.3 is 0 Å². The summed E-state index contributed by atoms with van der Waals surface area (Å²) in [5.74, 6) is 0.612. The molecular formula is C16H22N2O4. The molecule has 1 saturated heterocycles. The van der Waals surface area contributed by atoms with Crippen molar-refractivity contribution in [3.63, 3.8) is 0 Å². The summed E-state index contributed by atoms with van der Waals surface area (Å²) in [5.41, 5.74) is 0.874. The second-order valence-electron chi connectivity index (χ2n) is 5.13. The first-order chi connectivity index (χ1) is 10.7. The molecule has 1 heterocycles. The van der Waals surface area contributed by atoms with Gasteiger partial charge in [0.15, 0.2) is 6.61 Å². The molecule has 0 atom stereocenters. The highest BCUT2D eigenvalue weighted by molar-refractivity contribution is 5.95. The number of carbonyl (C=O) groups is 2. The van der Waals surface area contributed by atoms with Gasteiger partial charge in [0, 0.05) is 38.9 Å². The zero-order chi connectivity index (χ0) is 15.8. The Morgan fingerprint density at radius 3 is 2.73 bits per heavy atom. The molecule has 120 valence electrons. The van der Waals surface area contributed by atoms with E-state index in [0.29, 0.717) is 25.3 Å². The summed E-state index contributed by atoms with van der Waals surface area (Å²) in [5, 5.41) is 2.75. The van der Waals surface area contributed by atoms with Crippen LogP contribution in [0.2, 0.25) is 0 Å². The molecule has 6 nitrogen and oxygen atoms in total. The van der Waals surface area contributed by atoms with Crippen molar-refractivity contribution < 1.29 is 19.1 Å². The van der Waals surface area contributed by atoms with Gasteiger partial charge in [-0.15, -0.1) is 0 Å². The summed E-state index contributed by atoms with van der Waals surface area (Å²) in [7, 11) is 1.63. The Morgan fingerprint density at radius 2 is 2.09 bits per heavy atom. The lowest BCUT2D eigenvalue weighted by Gasteiger charge is -2.16. The predicted molar refractivity (Wildman–Crippen MR) is 83.0 cm³/mol. The van der Waals surface area contributed by atoms with Crippen LogP contribution in [0.3, 0.4) is 0 Å². The molecule has 2 rings (SSSR count). The maximum absolute atomic E-state index is 11.7. The SMILES string of the molecule is COCCCNC(=O)COc1ccc(N2CCCC2=O)cc1. The number of nitrogens with zero attached hydrogens (tertiary/aromatic N) is 1. The minimum absolute atomic E-state index is 0.0189. The van der Waals surface area contributed by atoms with Crippen molar-refractivity contribution in [2.75, 3.05) is 38.3 Å². The van der Waals surface area contributed by atoms with E-state index in [-0.39, 0.29) is 18.4 Å². The Kier molecular flexibility index (Phi) is 6.21. The lowest BCUT2D eigenvalue weighted by atomic mass is 10.3. The zero-order valence-electron chi connectivity index (χ0n) is 12.8. The maximum Gasteiger partial charge on any atom is 0.257 e. The summed E-state index contributed by atoms with van der Waals surface area (Å²) < 4.78 is 10.3. The molecule has 0 aliphatic carbocycles. The monoisotopic (exact) mass is 306 g/mol. The van der Waals surface area contributed by atoms with Crippen LogP contribution >= 0.6 is 0 Å². The van der Waals surface area contributed by atoms with Gasteiger partial charge < -0.3 is 19.7 Å². The normalized spacial score (nSPS) is 14.2. The highest BCUT2D eigenvalue weighted by Crippen LogP contribution is 2.23. The average Bonchev–Trinajstić information content (AvgIpc) is 2.96. The van der Waals surface area contributed by atoms with Crippen LogP contribution in [0.25, 0.3) is 0 Å². The quantitative estimate of drug-likeness (QED) is 0.736. The third kappa shape index (κ3) is 4.73. The van der Waals surface area contributed by atoms with Gasteiger partial charge in [0.05, 0.1) is 0 Å². The van der Waals surface area contributed by atoms with Gasteiger partial charge in [0.1, 0.15) is 5.75 Å². The topological polar surface area (TPSA) is 67.9 Å². The van der Waals surface area contributed by atoms with Crippen LogP contribution in [0.5, 0.6) is 5.75 Å². The fourth-order valence-electron chi connectivity index (χ4n) is 2.29. The maximum atomic E-state index is 11.7. The highest BCUT2D eigenvalue weighted by Gasteiger charge is 2.21. The van der Waals surface area contributed by atoms with Crippen molar-refractivity contribution in [3.05, 3.63) is 24.3 Å². The van der Waals surface area contributed by atoms with Crippen molar-refractivity contribution >= 4 is 17.5 Å². The van der Waals surface area contributed by atoms with Crippen LogP contribution in [-0.4, -0.2) is 45.2 Å². The number of ether oxygens (including phenoxy) is 2. The molecule has 6 heteroatoms. The van der Waals surface area contributed by atoms with Gasteiger partial charge in [-0.3, -0.25) is 9.59 Å². The molecule has 1 aliphatic rings. The van der Waals surface area contributed by atoms with E-state index in [4.69, 9.17) is 9.47 Å². The predicted octanol–water partition coefficient (Wildman–Crippen LogP) is 1.34. The average molecular weight is 306 g/mol. The first-order valence-electron chi connectivity index (χ1n) is 7.49. The van der Waals surface area contributed by atoms with Gasteiger partial charge in [-0.1, -0.05) is 0 Å². The number of rotatable bonds is 8. The number of methoxy groups -OCH3 is 1. The van der Waals surface area contributed by atoms with E-state index in [1.165, 1.54) is 0 Å². The summed E-state index contributed by atoms with van der Waals surface area (Å²) >= 11 is 0. The van der Waals surface area contributed by atoms with E-state index in [0.717, 1.165) is 25.1 Å². The summed E-state index contributed by atoms with van der Waals surface area (Å²) in [4.78, 5) is 25.0. The lowest BCUT2D eigenvalue weighted by Crippen LogP contribution is -2.30. The van der Waals surface area contributed by atoms with E-state index in [1.54, 1.807) is 24.1 Å². The molecular weight excluding hydrogens is 284 g/mol. The number of amides is 2. The van der Waals surface area contributed by atoms with Crippen LogP contribution in [0, 0.1) is 0 Å². The van der Waals surface area contributed by atoms with Crippen LogP contribution in [0.4, 0.5) is 5.69 Å². The van der Waals surface area contributed by atoms with E-state index in [9.17, 15) is 9.59 Å². The smallest absolute Gasteiger partial charge is 0.257 e. The number of anilines is 1. The molecule has 0 radical (unpaired) electrons. The van der Waals surface area contributed by atoms with Crippen molar-refractivity contribution in [3.8, 4) is 5.75 Å². The Bertz CT molecular complexity index is 501. The van der Waals surface area contributed by atoms with Crippen LogP contribution in [0.1, 0.15) is 19.3 Å². The van der Waals surface area contributed by atoms with E-state index in [1.807, 2.05) is 12.1 Å². The first-order valence-corrected chi connectivity index (χ1v) is 7.49. The van der Waals surface area contributed by atoms with Gasteiger partial charge in [-0.05, 0) is 37.1 Å². The number of nitrogens with one attached hydrogen (secondary N) is 1. The van der Waals surface area contributed by atoms with Crippen LogP contribution in [0.15, 0.2) is 24.3 Å². The number of carbonyl (C=O) groups excluding carboxylic acids is 2. The molecule has 0 spiro atoms. The van der Waals surface area contributed by atoms with E-state index >= 15 is 0 Å². The molecule has 1 aliphatic heterocycles. The Balaban J connectivity index is 1.74. The van der Waals surface area contributed by atoms with Gasteiger partial charge in [0.2, 0.25) is 5.91 Å². The van der Waals surface area contributed by atoms with Gasteiger partial charge in [-0.2, -0.15) is 0 Å². The number of hydrogen-bond acceptors (Lipinski definition) is 4. The van der Waals surface area contributed by atoms with E-state index in [2.05, 4.69) is 5.32 Å². The Morgan fingerprint density at radius 1 is 1.32 bits per heavy atom. The second-order valence-corrected chi connectivity index (χ2v) is 5.13. The van der Waals surface area contributed by atoms with Crippen molar-refractivity contribution in [2.24, 2.45) is 0 Å². The minimum Gasteiger partial charge on any atom is -0.484 e. The highest BCUT2D eigenvalue weighted by atomic mass is 16.5. The fraction of sp³-hybridized carbons (Fsp3) is 0.500. The molecule has 22 heavy (non-hydrogen) atoms. The first kappa shape index (κ1) is 16.3. The Hall–Kier alpha value is -2.08. The fourth-order valence-corrected chi connectivity index (χ4v) is 2.29. The number of benzene rings is 1. The largest absolute Gasteiger partial charge is 0.484 e. The molecule has 1 N–H and O–H groups in total. The third-order valence-corrected chi connectivity index (χ3v) is 3.44. The Labute approximate surface area is 130 Å². The van der Waals surface area contributed by atoms with Crippen LogP contribution < -0.4 is 15.0 Å². The zero-order valence-corrected chi connectivity index (χ0v) is 12.8. The summed E-state index contributed by atoms with van der Waals surface area (Å²) in [6.45, 7) is 1.95. The van der Waals surface area contributed by atoms with Crippen LogP contribution in [-0.2, 0) is 14.3 Å². The van der Waals surface area contributed by atoms with Crippen molar-refractivity contribution in [1.82, 2.24) is 5.32 Å². The molecule has 1 aromatic carbocycles. The molecule has 0 unspecified atom stereocenters. The molecule has 2 amide bonds. The number of hydrogen-bond donors (Lipinski definition) is 1. The second kappa shape index (κ2) is 8.38. The van der Waals surface area contributed by atoms with Gasteiger partial charge in [0.25, 0.3) is 5.91 Å². The lowest BCUT2D eigenvalue weighted by molar-refractivity contribution is -0.123.